The molecule has 0 aliphatic carbocycles. The van der Waals surface area contributed by atoms with E-state index in [9.17, 15) is 32.3 Å². The largest absolute Gasteiger partial charge is 0.391 e. The van der Waals surface area contributed by atoms with E-state index in [0.29, 0.717) is 13.6 Å². The first-order chi connectivity index (χ1) is 23.3. The number of nitrogens with one attached hydrogen (secondary N) is 4. The van der Waals surface area contributed by atoms with Gasteiger partial charge in [0.05, 0.1) is 46.1 Å². The van der Waals surface area contributed by atoms with Crippen LogP contribution in [0.2, 0.25) is 0 Å². The standard InChI is InChI=1S/C17H17F2IN2O3.C16H15F2IN2O3/c1-2-12(23)9-25-22-17(24)13-5-3-10(18)7-16(13)21-15-6-4-11(20)8-14(15)19;1-9(22)8-24-21-16(23)12-4-2-10(17)6-15(12)20-14-5-3-11(19)7-13(14)18/h3-8,12,21,23H,2,9H2,1H3,(H,22,24);2-7,9,20,22H,8H2,1H3,(H,21,23). The first-order valence-electron chi connectivity index (χ1n) is 14.5. The molecule has 0 aliphatic rings. The highest BCUT2D eigenvalue weighted by atomic mass is 127. The van der Waals surface area contributed by atoms with Crippen molar-refractivity contribution in [3.8, 4) is 0 Å². The normalized spacial score (nSPS) is 11.9. The quantitative estimate of drug-likeness (QED) is 0.0475. The third kappa shape index (κ3) is 13.0. The summed E-state index contributed by atoms with van der Waals surface area (Å²) in [5.74, 6) is -3.49. The van der Waals surface area contributed by atoms with Crippen molar-refractivity contribution >= 4 is 79.7 Å². The average Bonchev–Trinajstić information content (AvgIpc) is 3.03. The first kappa shape index (κ1) is 39.9. The van der Waals surface area contributed by atoms with E-state index in [0.717, 1.165) is 24.3 Å². The molecule has 6 N–H and O–H groups in total. The number of carbonyl (C=O) groups is 2. The fourth-order valence-corrected chi connectivity index (χ4v) is 4.67. The predicted octanol–water partition coefficient (Wildman–Crippen LogP) is 7.10. The second-order valence-electron chi connectivity index (χ2n) is 10.3. The van der Waals surface area contributed by atoms with Gasteiger partial charge in [-0.15, -0.1) is 0 Å². The summed E-state index contributed by atoms with van der Waals surface area (Å²) in [5, 5.41) is 23.9. The molecular formula is C33H32F4I2N4O6. The van der Waals surface area contributed by atoms with E-state index in [2.05, 4.69) is 21.6 Å². The van der Waals surface area contributed by atoms with E-state index in [1.54, 1.807) is 19.1 Å². The van der Waals surface area contributed by atoms with Crippen LogP contribution in [-0.4, -0.2) is 47.4 Å². The lowest BCUT2D eigenvalue weighted by molar-refractivity contribution is -0.0133. The molecule has 0 fully saturated rings. The monoisotopic (exact) mass is 910 g/mol. The van der Waals surface area contributed by atoms with E-state index in [1.165, 1.54) is 43.3 Å². The van der Waals surface area contributed by atoms with Crippen molar-refractivity contribution in [3.05, 3.63) is 114 Å². The summed E-state index contributed by atoms with van der Waals surface area (Å²) in [5.41, 5.74) is 4.87. The van der Waals surface area contributed by atoms with Crippen molar-refractivity contribution in [2.75, 3.05) is 23.8 Å². The zero-order chi connectivity index (χ0) is 36.1. The van der Waals surface area contributed by atoms with Gasteiger partial charge in [-0.25, -0.2) is 28.5 Å². The average molecular weight is 910 g/mol. The maximum Gasteiger partial charge on any atom is 0.276 e. The highest BCUT2D eigenvalue weighted by Gasteiger charge is 2.16. The Kier molecular flexibility index (Phi) is 15.9. The third-order valence-corrected chi connectivity index (χ3v) is 7.60. The highest BCUT2D eigenvalue weighted by molar-refractivity contribution is 14.1. The molecule has 2 unspecified atom stereocenters. The van der Waals surface area contributed by atoms with Gasteiger partial charge in [0, 0.05) is 7.14 Å². The van der Waals surface area contributed by atoms with Crippen LogP contribution in [0.1, 0.15) is 41.0 Å². The molecule has 0 bridgehead atoms. The molecule has 262 valence electrons. The Morgan fingerprint density at radius 3 is 1.49 bits per heavy atom. The van der Waals surface area contributed by atoms with Gasteiger partial charge in [-0.3, -0.25) is 19.3 Å². The van der Waals surface area contributed by atoms with Gasteiger partial charge in [-0.2, -0.15) is 0 Å². The molecule has 4 aromatic carbocycles. The molecule has 0 aliphatic heterocycles. The van der Waals surface area contributed by atoms with E-state index in [-0.39, 0.29) is 47.1 Å². The lowest BCUT2D eigenvalue weighted by Gasteiger charge is -2.14. The first-order valence-corrected chi connectivity index (χ1v) is 16.7. The summed E-state index contributed by atoms with van der Waals surface area (Å²) in [6, 6.07) is 15.9. The van der Waals surface area contributed by atoms with Crippen LogP contribution in [0.25, 0.3) is 0 Å². The summed E-state index contributed by atoms with van der Waals surface area (Å²) < 4.78 is 56.4. The molecule has 0 spiro atoms. The van der Waals surface area contributed by atoms with Gasteiger partial charge in [0.1, 0.15) is 36.5 Å². The van der Waals surface area contributed by atoms with Crippen molar-refractivity contribution < 1.29 is 47.0 Å². The van der Waals surface area contributed by atoms with Gasteiger partial charge in [0.15, 0.2) is 0 Å². The second-order valence-corrected chi connectivity index (χ2v) is 12.8. The van der Waals surface area contributed by atoms with Crippen LogP contribution < -0.4 is 21.6 Å². The Hall–Kier alpha value is -3.56. The maximum atomic E-state index is 14.0. The molecule has 16 heteroatoms. The molecule has 2 atom stereocenters. The van der Waals surface area contributed by atoms with Crippen molar-refractivity contribution in [1.82, 2.24) is 11.0 Å². The highest BCUT2D eigenvalue weighted by Crippen LogP contribution is 2.27. The fourth-order valence-electron chi connectivity index (χ4n) is 3.77. The number of aliphatic hydroxyl groups excluding tert-OH is 2. The van der Waals surface area contributed by atoms with Crippen LogP contribution in [0.3, 0.4) is 0 Å². The molecule has 4 aromatic rings. The van der Waals surface area contributed by atoms with Crippen LogP contribution in [0, 0.1) is 30.4 Å². The minimum absolute atomic E-state index is 0.0694. The Labute approximate surface area is 306 Å². The number of benzene rings is 4. The van der Waals surface area contributed by atoms with Gasteiger partial charge in [0.25, 0.3) is 11.8 Å². The number of halogens is 6. The summed E-state index contributed by atoms with van der Waals surface area (Å²) in [7, 11) is 0. The van der Waals surface area contributed by atoms with Crippen LogP contribution >= 0.6 is 45.2 Å². The van der Waals surface area contributed by atoms with Crippen molar-refractivity contribution in [1.29, 1.82) is 0 Å². The maximum absolute atomic E-state index is 14.0. The number of aliphatic hydroxyl groups is 2. The summed E-state index contributed by atoms with van der Waals surface area (Å²) in [4.78, 5) is 34.1. The molecule has 0 heterocycles. The van der Waals surface area contributed by atoms with E-state index < -0.39 is 47.3 Å². The van der Waals surface area contributed by atoms with Gasteiger partial charge in [-0.1, -0.05) is 6.92 Å². The zero-order valence-corrected chi connectivity index (χ0v) is 30.3. The Morgan fingerprint density at radius 1 is 0.673 bits per heavy atom. The number of carbonyl (C=O) groups excluding carboxylic acids is 2. The van der Waals surface area contributed by atoms with Gasteiger partial charge < -0.3 is 20.8 Å². The minimum Gasteiger partial charge on any atom is -0.391 e. The summed E-state index contributed by atoms with van der Waals surface area (Å²) >= 11 is 3.94. The van der Waals surface area contributed by atoms with Crippen LogP contribution in [0.5, 0.6) is 0 Å². The number of hydrogen-bond donors (Lipinski definition) is 6. The number of rotatable bonds is 13. The molecule has 0 aromatic heterocycles. The fraction of sp³-hybridized carbons (Fsp3) is 0.212. The smallest absolute Gasteiger partial charge is 0.276 e. The molecular weight excluding hydrogens is 878 g/mol. The Balaban J connectivity index is 0.000000266. The Bertz CT molecular complexity index is 1750. The molecule has 0 radical (unpaired) electrons. The third-order valence-electron chi connectivity index (χ3n) is 6.25. The molecule has 0 saturated heterocycles. The molecule has 4 rings (SSSR count). The zero-order valence-electron chi connectivity index (χ0n) is 26.0. The van der Waals surface area contributed by atoms with Gasteiger partial charge in [0.2, 0.25) is 0 Å². The van der Waals surface area contributed by atoms with Crippen molar-refractivity contribution in [3.63, 3.8) is 0 Å². The second kappa shape index (κ2) is 19.6. The van der Waals surface area contributed by atoms with E-state index >= 15 is 0 Å². The van der Waals surface area contributed by atoms with Crippen molar-refractivity contribution in [2.45, 2.75) is 32.5 Å². The topological polar surface area (TPSA) is 141 Å². The minimum atomic E-state index is -0.753. The SMILES string of the molecule is CC(O)CONC(=O)c1ccc(F)cc1Nc1ccc(I)cc1F.CCC(O)CONC(=O)c1ccc(F)cc1Nc1ccc(I)cc1F. The number of hydrogen-bond acceptors (Lipinski definition) is 8. The van der Waals surface area contributed by atoms with E-state index in [4.69, 9.17) is 14.8 Å². The molecule has 2 amide bonds. The molecule has 10 nitrogen and oxygen atoms in total. The molecule has 49 heavy (non-hydrogen) atoms. The number of hydroxylamine groups is 2. The van der Waals surface area contributed by atoms with Crippen LogP contribution in [0.15, 0.2) is 72.8 Å². The molecule has 0 saturated carbocycles. The van der Waals surface area contributed by atoms with Crippen LogP contribution in [0.4, 0.5) is 40.3 Å². The lowest BCUT2D eigenvalue weighted by atomic mass is 10.1. The van der Waals surface area contributed by atoms with Gasteiger partial charge >= 0.3 is 0 Å². The Morgan fingerprint density at radius 2 is 1.10 bits per heavy atom. The van der Waals surface area contributed by atoms with Crippen molar-refractivity contribution in [2.24, 2.45) is 0 Å². The predicted molar refractivity (Wildman–Crippen MR) is 192 cm³/mol. The summed E-state index contributed by atoms with van der Waals surface area (Å²) in [6.07, 6.45) is -0.977. The number of anilines is 4. The van der Waals surface area contributed by atoms with E-state index in [1.807, 2.05) is 45.2 Å². The number of amides is 2. The van der Waals surface area contributed by atoms with Gasteiger partial charge in [-0.05, 0) is 131 Å². The lowest BCUT2D eigenvalue weighted by Crippen LogP contribution is -2.28. The van der Waals surface area contributed by atoms with Crippen LogP contribution in [-0.2, 0) is 9.68 Å². The summed E-state index contributed by atoms with van der Waals surface area (Å²) in [6.45, 7) is 3.10.